The molecule has 3 aromatic rings. The number of esters is 1. The minimum absolute atomic E-state index is 0.180. The summed E-state index contributed by atoms with van der Waals surface area (Å²) in [7, 11) is 0. The Bertz CT molecular complexity index is 1030. The minimum Gasteiger partial charge on any atom is -0.459 e. The minimum atomic E-state index is -0.488. The van der Waals surface area contributed by atoms with Gasteiger partial charge in [0.1, 0.15) is 13.2 Å². The van der Waals surface area contributed by atoms with E-state index >= 15 is 0 Å². The van der Waals surface area contributed by atoms with Gasteiger partial charge in [0.15, 0.2) is 0 Å². The van der Waals surface area contributed by atoms with Crippen molar-refractivity contribution >= 4 is 11.7 Å². The van der Waals surface area contributed by atoms with Crippen molar-refractivity contribution in [2.24, 2.45) is 0 Å². The first-order valence-electron chi connectivity index (χ1n) is 9.27. The number of rotatable bonds is 5. The molecule has 1 aliphatic heterocycles. The molecule has 0 atom stereocenters. The molecule has 0 N–H and O–H groups in total. The van der Waals surface area contributed by atoms with Crippen LogP contribution in [0.25, 0.3) is 0 Å². The second-order valence-electron chi connectivity index (χ2n) is 6.80. The number of aromatic nitrogens is 2. The number of carbonyl (C=O) groups is 1. The molecule has 0 unspecified atom stereocenters. The predicted molar refractivity (Wildman–Crippen MR) is 106 cm³/mol. The number of ether oxygens (including phenoxy) is 1. The van der Waals surface area contributed by atoms with Crippen LogP contribution in [0.2, 0.25) is 0 Å². The average Bonchev–Trinajstić information content (AvgIpc) is 2.74. The molecule has 1 aliphatic rings. The smallest absolute Gasteiger partial charge is 0.328 e. The molecule has 6 heteroatoms. The number of fused-ring (bicyclic) bond motifs is 1. The van der Waals surface area contributed by atoms with Crippen LogP contribution in [0.5, 0.6) is 0 Å². The molecule has 28 heavy (non-hydrogen) atoms. The molecule has 0 aliphatic carbocycles. The molecule has 0 fully saturated rings. The maximum Gasteiger partial charge on any atom is 0.328 e. The fourth-order valence-corrected chi connectivity index (χ4v) is 3.34. The quantitative estimate of drug-likeness (QED) is 0.642. The molecule has 0 radical (unpaired) electrons. The van der Waals surface area contributed by atoms with E-state index in [-0.39, 0.29) is 18.7 Å². The van der Waals surface area contributed by atoms with Gasteiger partial charge in [0.2, 0.25) is 0 Å². The summed E-state index contributed by atoms with van der Waals surface area (Å²) in [5.74, 6) is -0.488. The van der Waals surface area contributed by atoms with Crippen molar-refractivity contribution in [3.8, 4) is 0 Å². The first-order valence-corrected chi connectivity index (χ1v) is 9.27. The monoisotopic (exact) mass is 375 g/mol. The number of anilines is 1. The maximum absolute atomic E-state index is 12.4. The molecule has 0 amide bonds. The van der Waals surface area contributed by atoms with E-state index in [1.54, 1.807) is 6.20 Å². The van der Waals surface area contributed by atoms with Gasteiger partial charge in [-0.15, -0.1) is 0 Å². The van der Waals surface area contributed by atoms with Crippen molar-refractivity contribution in [2.75, 3.05) is 11.4 Å². The zero-order valence-corrected chi connectivity index (χ0v) is 15.5. The highest BCUT2D eigenvalue weighted by Crippen LogP contribution is 2.22. The number of nitrogens with zero attached hydrogens (tertiary/aromatic N) is 3. The molecule has 4 rings (SSSR count). The van der Waals surface area contributed by atoms with E-state index < -0.39 is 5.97 Å². The normalized spacial score (nSPS) is 13.1. The Morgan fingerprint density at radius 2 is 1.79 bits per heavy atom. The molecule has 2 heterocycles. The second-order valence-corrected chi connectivity index (χ2v) is 6.80. The number of benzene rings is 2. The summed E-state index contributed by atoms with van der Waals surface area (Å²) in [5, 5.41) is 4.17. The van der Waals surface area contributed by atoms with Gasteiger partial charge < -0.3 is 9.64 Å². The summed E-state index contributed by atoms with van der Waals surface area (Å²) < 4.78 is 6.36. The van der Waals surface area contributed by atoms with Gasteiger partial charge in [-0.1, -0.05) is 54.6 Å². The largest absolute Gasteiger partial charge is 0.459 e. The van der Waals surface area contributed by atoms with Crippen molar-refractivity contribution in [1.29, 1.82) is 0 Å². The van der Waals surface area contributed by atoms with Crippen molar-refractivity contribution in [3.63, 3.8) is 0 Å². The Hall–Kier alpha value is -3.41. The number of hydrogen-bond donors (Lipinski definition) is 0. The van der Waals surface area contributed by atoms with Gasteiger partial charge >= 0.3 is 5.97 Å². The summed E-state index contributed by atoms with van der Waals surface area (Å²) >= 11 is 0. The lowest BCUT2D eigenvalue weighted by molar-refractivity contribution is -0.146. The van der Waals surface area contributed by atoms with Crippen molar-refractivity contribution in [2.45, 2.75) is 26.1 Å². The van der Waals surface area contributed by atoms with Gasteiger partial charge in [-0.25, -0.2) is 4.68 Å². The zero-order chi connectivity index (χ0) is 19.3. The third-order valence-electron chi connectivity index (χ3n) is 4.87. The molecule has 1 aromatic heterocycles. The van der Waals surface area contributed by atoms with E-state index in [1.807, 2.05) is 42.5 Å². The number of carbonyl (C=O) groups excluding carboxylic acids is 1. The highest BCUT2D eigenvalue weighted by atomic mass is 16.5. The highest BCUT2D eigenvalue weighted by Gasteiger charge is 2.17. The Kier molecular flexibility index (Phi) is 5.19. The highest BCUT2D eigenvalue weighted by molar-refractivity contribution is 5.69. The Balaban J connectivity index is 1.39. The third-order valence-corrected chi connectivity index (χ3v) is 4.87. The Morgan fingerprint density at radius 1 is 1.04 bits per heavy atom. The Labute approximate surface area is 163 Å². The van der Waals surface area contributed by atoms with Crippen LogP contribution >= 0.6 is 0 Å². The molecule has 6 nitrogen and oxygen atoms in total. The SMILES string of the molecule is O=C(Cn1ncc(N2CCc3ccccc3C2)cc1=O)OCc1ccccc1. The molecular weight excluding hydrogens is 354 g/mol. The summed E-state index contributed by atoms with van der Waals surface area (Å²) in [6, 6.07) is 19.3. The number of hydrogen-bond acceptors (Lipinski definition) is 5. The molecule has 0 spiro atoms. The molecule has 142 valence electrons. The predicted octanol–water partition coefficient (Wildman–Crippen LogP) is 2.55. The van der Waals surface area contributed by atoms with Crippen LogP contribution in [0.15, 0.2) is 71.7 Å². The van der Waals surface area contributed by atoms with Crippen molar-refractivity contribution in [1.82, 2.24) is 9.78 Å². The molecular formula is C22H21N3O3. The fraction of sp³-hybridized carbons (Fsp3) is 0.227. The van der Waals surface area contributed by atoms with Gasteiger partial charge in [-0.3, -0.25) is 9.59 Å². The standard InChI is InChI=1S/C22H21N3O3/c26-21-12-20(24-11-10-18-8-4-5-9-19(18)14-24)13-23-25(21)15-22(27)28-16-17-6-2-1-3-7-17/h1-9,12-13H,10-11,14-16H2. The molecule has 0 saturated carbocycles. The average molecular weight is 375 g/mol. The lowest BCUT2D eigenvalue weighted by Gasteiger charge is -2.30. The molecule has 2 aromatic carbocycles. The van der Waals surface area contributed by atoms with Crippen LogP contribution in [0.3, 0.4) is 0 Å². The van der Waals surface area contributed by atoms with Gasteiger partial charge in [0.05, 0.1) is 11.9 Å². The van der Waals surface area contributed by atoms with Crippen molar-refractivity contribution in [3.05, 3.63) is 93.9 Å². The lowest BCUT2D eigenvalue weighted by Crippen LogP contribution is -2.33. The van der Waals surface area contributed by atoms with Gasteiger partial charge in [0.25, 0.3) is 5.56 Å². The van der Waals surface area contributed by atoms with E-state index in [2.05, 4.69) is 22.1 Å². The first kappa shape index (κ1) is 18.0. The topological polar surface area (TPSA) is 64.4 Å². The fourth-order valence-electron chi connectivity index (χ4n) is 3.34. The summed E-state index contributed by atoms with van der Waals surface area (Å²) in [4.78, 5) is 26.6. The Morgan fingerprint density at radius 3 is 2.57 bits per heavy atom. The molecule has 0 saturated heterocycles. The van der Waals surface area contributed by atoms with E-state index in [1.165, 1.54) is 17.2 Å². The van der Waals surface area contributed by atoms with Crippen LogP contribution < -0.4 is 10.5 Å². The summed E-state index contributed by atoms with van der Waals surface area (Å²) in [5.41, 5.74) is 3.97. The first-order chi connectivity index (χ1) is 13.7. The van der Waals surface area contributed by atoms with Gasteiger partial charge in [-0.2, -0.15) is 5.10 Å². The van der Waals surface area contributed by atoms with Crippen LogP contribution in [0.4, 0.5) is 5.69 Å². The van der Waals surface area contributed by atoms with Gasteiger partial charge in [0, 0.05) is 19.2 Å². The van der Waals surface area contributed by atoms with E-state index in [9.17, 15) is 9.59 Å². The zero-order valence-electron chi connectivity index (χ0n) is 15.5. The van der Waals surface area contributed by atoms with E-state index in [0.29, 0.717) is 0 Å². The van der Waals surface area contributed by atoms with E-state index in [4.69, 9.17) is 4.74 Å². The second kappa shape index (κ2) is 8.08. The lowest BCUT2D eigenvalue weighted by atomic mass is 10.00. The van der Waals surface area contributed by atoms with Crippen LogP contribution in [0, 0.1) is 0 Å². The van der Waals surface area contributed by atoms with Crippen LogP contribution in [-0.4, -0.2) is 22.3 Å². The summed E-state index contributed by atoms with van der Waals surface area (Å²) in [6.07, 6.45) is 2.57. The third kappa shape index (κ3) is 4.11. The maximum atomic E-state index is 12.4. The van der Waals surface area contributed by atoms with Crippen LogP contribution in [-0.2, 0) is 35.6 Å². The summed E-state index contributed by atoms with van der Waals surface area (Å²) in [6.45, 7) is 1.57. The van der Waals surface area contributed by atoms with E-state index in [0.717, 1.165) is 35.4 Å². The molecule has 0 bridgehead atoms. The van der Waals surface area contributed by atoms with Crippen molar-refractivity contribution < 1.29 is 9.53 Å². The van der Waals surface area contributed by atoms with Crippen LogP contribution in [0.1, 0.15) is 16.7 Å². The van der Waals surface area contributed by atoms with Gasteiger partial charge in [-0.05, 0) is 23.1 Å².